The van der Waals surface area contributed by atoms with Crippen LogP contribution in [0.25, 0.3) is 0 Å². The summed E-state index contributed by atoms with van der Waals surface area (Å²) in [5.74, 6) is -4.48. The van der Waals surface area contributed by atoms with Crippen molar-refractivity contribution in [3.63, 3.8) is 0 Å². The molecule has 0 aliphatic carbocycles. The van der Waals surface area contributed by atoms with Crippen molar-refractivity contribution >= 4 is 41.0 Å². The van der Waals surface area contributed by atoms with Crippen LogP contribution < -0.4 is 25.3 Å². The van der Waals surface area contributed by atoms with Gasteiger partial charge in [-0.05, 0) is 83.9 Å². The summed E-state index contributed by atoms with van der Waals surface area (Å²) in [4.78, 5) is 53.7. The highest BCUT2D eigenvalue weighted by Crippen LogP contribution is 2.43. The molecule has 6 rings (SSSR count). The van der Waals surface area contributed by atoms with Gasteiger partial charge in [-0.15, -0.1) is 0 Å². The number of benzene rings is 1. The van der Waals surface area contributed by atoms with Crippen LogP contribution >= 0.6 is 0 Å². The Hall–Kier alpha value is -4.31. The van der Waals surface area contributed by atoms with Crippen LogP contribution in [-0.2, 0) is 9.53 Å². The number of fused-ring (bicyclic) bond motifs is 1. The zero-order valence-electron chi connectivity index (χ0n) is 31.2. The van der Waals surface area contributed by atoms with Crippen LogP contribution in [0.15, 0.2) is 24.4 Å². The van der Waals surface area contributed by atoms with E-state index in [-0.39, 0.29) is 40.9 Å². The molecule has 14 nitrogen and oxygen atoms in total. The summed E-state index contributed by atoms with van der Waals surface area (Å²) in [5.41, 5.74) is 3.88. The number of carbonyl (C=O) groups is 3. The van der Waals surface area contributed by atoms with Gasteiger partial charge in [0.1, 0.15) is 17.0 Å². The number of hydrogen-bond acceptors (Lipinski definition) is 11. The second-order valence-corrected chi connectivity index (χ2v) is 15.8. The highest BCUT2D eigenvalue weighted by molar-refractivity contribution is 6.02. The van der Waals surface area contributed by atoms with Crippen molar-refractivity contribution in [1.29, 1.82) is 0 Å². The number of piperidine rings is 2. The Kier molecular flexibility index (Phi) is 10.3. The zero-order valence-corrected chi connectivity index (χ0v) is 31.2. The van der Waals surface area contributed by atoms with E-state index in [9.17, 15) is 23.2 Å². The molecule has 4 aliphatic heterocycles. The fourth-order valence-corrected chi connectivity index (χ4v) is 7.50. The molecule has 16 heteroatoms. The molecular formula is C36H51F2N9O5. The number of alkyl halides is 2. The maximum atomic E-state index is 14.7. The van der Waals surface area contributed by atoms with Gasteiger partial charge < -0.3 is 29.5 Å². The normalized spacial score (nSPS) is 21.0. The van der Waals surface area contributed by atoms with Gasteiger partial charge in [0.25, 0.3) is 11.8 Å². The van der Waals surface area contributed by atoms with Gasteiger partial charge in [-0.25, -0.2) is 14.8 Å². The van der Waals surface area contributed by atoms with E-state index >= 15 is 0 Å². The minimum absolute atomic E-state index is 0.119. The minimum Gasteiger partial charge on any atom is -0.495 e. The number of anilines is 4. The summed E-state index contributed by atoms with van der Waals surface area (Å²) in [6, 6.07) is 5.06. The molecule has 1 aromatic heterocycles. The Balaban J connectivity index is 1.01. The summed E-state index contributed by atoms with van der Waals surface area (Å²) >= 11 is 0. The van der Waals surface area contributed by atoms with E-state index in [4.69, 9.17) is 9.47 Å². The third kappa shape index (κ3) is 7.87. The van der Waals surface area contributed by atoms with Crippen LogP contribution in [0.4, 0.5) is 36.7 Å². The van der Waals surface area contributed by atoms with Crippen molar-refractivity contribution in [3.8, 4) is 5.75 Å². The number of halogens is 2. The molecular weight excluding hydrogens is 676 g/mol. The highest BCUT2D eigenvalue weighted by atomic mass is 19.3. The number of hydrazine groups is 1. The Morgan fingerprint density at radius 2 is 1.71 bits per heavy atom. The summed E-state index contributed by atoms with van der Waals surface area (Å²) in [5, 5.41) is 5.04. The van der Waals surface area contributed by atoms with Gasteiger partial charge in [0.2, 0.25) is 5.95 Å². The van der Waals surface area contributed by atoms with Crippen LogP contribution in [0.1, 0.15) is 70.7 Å². The van der Waals surface area contributed by atoms with Crippen molar-refractivity contribution < 1.29 is 32.6 Å². The number of aromatic nitrogens is 2. The Labute approximate surface area is 303 Å². The number of rotatable bonds is 7. The number of amides is 3. The molecule has 1 spiro atoms. The summed E-state index contributed by atoms with van der Waals surface area (Å²) in [6.07, 6.45) is 5.00. The van der Waals surface area contributed by atoms with E-state index in [0.717, 1.165) is 69.9 Å². The Bertz CT molecular complexity index is 1660. The predicted octanol–water partition coefficient (Wildman–Crippen LogP) is 4.50. The number of carbonyl (C=O) groups excluding carboxylic acids is 3. The van der Waals surface area contributed by atoms with Gasteiger partial charge in [0.15, 0.2) is 5.82 Å². The molecule has 0 unspecified atom stereocenters. The van der Waals surface area contributed by atoms with Gasteiger partial charge in [0.05, 0.1) is 25.5 Å². The van der Waals surface area contributed by atoms with E-state index in [2.05, 4.69) is 25.6 Å². The lowest BCUT2D eigenvalue weighted by Gasteiger charge is -2.57. The van der Waals surface area contributed by atoms with Crippen molar-refractivity contribution in [2.45, 2.75) is 83.9 Å². The Morgan fingerprint density at radius 3 is 2.33 bits per heavy atom. The number of methoxy groups -OCH3 is 1. The predicted molar refractivity (Wildman–Crippen MR) is 192 cm³/mol. The number of likely N-dealkylation sites (tertiary alicyclic amines) is 2. The summed E-state index contributed by atoms with van der Waals surface area (Å²) in [7, 11) is 2.77. The third-order valence-corrected chi connectivity index (χ3v) is 10.5. The third-order valence-electron chi connectivity index (χ3n) is 10.5. The van der Waals surface area contributed by atoms with Crippen LogP contribution in [0, 0.1) is 5.41 Å². The van der Waals surface area contributed by atoms with Gasteiger partial charge >= 0.3 is 12.0 Å². The van der Waals surface area contributed by atoms with Gasteiger partial charge in [-0.2, -0.15) is 13.8 Å². The fourth-order valence-electron chi connectivity index (χ4n) is 7.50. The molecule has 3 fully saturated rings. The molecule has 1 aromatic carbocycles. The molecule has 4 aliphatic rings. The summed E-state index contributed by atoms with van der Waals surface area (Å²) < 4.78 is 40.6. The van der Waals surface area contributed by atoms with Crippen molar-refractivity contribution in [1.82, 2.24) is 30.2 Å². The van der Waals surface area contributed by atoms with Crippen molar-refractivity contribution in [3.05, 3.63) is 30.0 Å². The molecule has 3 amide bonds. The molecule has 284 valence electrons. The number of ether oxygens (including phenoxy) is 2. The molecule has 5 heterocycles. The number of hydrogen-bond donors (Lipinski definition) is 2. The topological polar surface area (TPSA) is 136 Å². The molecule has 52 heavy (non-hydrogen) atoms. The van der Waals surface area contributed by atoms with Crippen LogP contribution in [0.2, 0.25) is 0 Å². The van der Waals surface area contributed by atoms with Gasteiger partial charge in [0, 0.05) is 64.0 Å². The first kappa shape index (κ1) is 37.4. The summed E-state index contributed by atoms with van der Waals surface area (Å²) in [6.45, 7) is 13.4. The van der Waals surface area contributed by atoms with E-state index in [1.54, 1.807) is 32.0 Å². The fraction of sp³-hybridized carbons (Fsp3) is 0.639. The monoisotopic (exact) mass is 727 g/mol. The molecule has 3 saturated heterocycles. The maximum Gasteiger partial charge on any atom is 0.410 e. The van der Waals surface area contributed by atoms with Crippen LogP contribution in [-0.4, -0.2) is 126 Å². The van der Waals surface area contributed by atoms with E-state index in [0.29, 0.717) is 23.0 Å². The minimum atomic E-state index is -3.59. The first-order chi connectivity index (χ1) is 24.5. The lowest BCUT2D eigenvalue weighted by molar-refractivity contribution is -0.140. The molecule has 0 radical (unpaired) electrons. The zero-order chi connectivity index (χ0) is 37.6. The van der Waals surface area contributed by atoms with Gasteiger partial charge in [-0.1, -0.05) is 0 Å². The smallest absolute Gasteiger partial charge is 0.410 e. The van der Waals surface area contributed by atoms with E-state index in [1.807, 2.05) is 30.7 Å². The van der Waals surface area contributed by atoms with E-state index in [1.165, 1.54) is 25.3 Å². The standard InChI is InChI=1S/C36H51F2N9O5/c1-23(2)47-22-36(37,38)31(49)43(6)27-19-39-32(41-29(27)47)40-26-9-8-24(18-28(26)51-7)30(48)42-46-14-10-25(11-15-46)45-20-35(21-45)12-16-44(17-13-35)33(50)52-34(3,4)5/h8-9,18-19,23,25H,10-17,20-22H2,1-7H3,(H,42,48)(H,39,40,41). The van der Waals surface area contributed by atoms with Crippen LogP contribution in [0.5, 0.6) is 5.75 Å². The SMILES string of the molecule is COc1cc(C(=O)NN2CCC(N3CC4(CCN(C(=O)OC(C)(C)C)CC4)C3)CC2)ccc1Nc1ncc2c(n1)N(C(C)C)CC(F)(F)C(=O)N2C. The molecule has 2 N–H and O–H groups in total. The Morgan fingerprint density at radius 1 is 1.04 bits per heavy atom. The second kappa shape index (κ2) is 14.3. The second-order valence-electron chi connectivity index (χ2n) is 15.8. The average molecular weight is 728 g/mol. The highest BCUT2D eigenvalue weighted by Gasteiger charge is 2.49. The molecule has 2 aromatic rings. The number of nitrogens with one attached hydrogen (secondary N) is 2. The van der Waals surface area contributed by atoms with Crippen LogP contribution in [0.3, 0.4) is 0 Å². The first-order valence-electron chi connectivity index (χ1n) is 18.0. The average Bonchev–Trinajstić information content (AvgIpc) is 3.15. The maximum absolute atomic E-state index is 14.7. The quantitative estimate of drug-likeness (QED) is 0.418. The lowest BCUT2D eigenvalue weighted by atomic mass is 9.71. The van der Waals surface area contributed by atoms with Crippen molar-refractivity contribution in [2.75, 3.05) is 75.1 Å². The molecule has 0 atom stereocenters. The lowest BCUT2D eigenvalue weighted by Crippen LogP contribution is -2.65. The van der Waals surface area contributed by atoms with Crippen molar-refractivity contribution in [2.24, 2.45) is 5.41 Å². The van der Waals surface area contributed by atoms with Gasteiger partial charge in [-0.3, -0.25) is 19.9 Å². The first-order valence-corrected chi connectivity index (χ1v) is 18.0. The largest absolute Gasteiger partial charge is 0.495 e. The molecule has 0 saturated carbocycles. The number of nitrogens with zero attached hydrogens (tertiary/aromatic N) is 7. The molecule has 0 bridgehead atoms. The van der Waals surface area contributed by atoms with E-state index < -0.39 is 24.0 Å².